The van der Waals surface area contributed by atoms with Gasteiger partial charge in [-0.25, -0.2) is 27.3 Å². The van der Waals surface area contributed by atoms with Crippen molar-refractivity contribution in [2.75, 3.05) is 18.4 Å². The van der Waals surface area contributed by atoms with Crippen LogP contribution in [0.2, 0.25) is 0 Å². The lowest BCUT2D eigenvalue weighted by Gasteiger charge is -2.34. The molecule has 3 amide bonds. The number of anilines is 1. The number of amides is 3. The molecule has 0 spiro atoms. The Bertz CT molecular complexity index is 1120. The van der Waals surface area contributed by atoms with Crippen LogP contribution in [0.4, 0.5) is 54.4 Å². The molecule has 1 saturated heterocycles. The first kappa shape index (κ1) is 26.6. The smallest absolute Gasteiger partial charge is 0.340 e. The molecular weight excluding hydrogens is 526 g/mol. The number of benzene rings is 2. The zero-order valence-corrected chi connectivity index (χ0v) is 17.5. The molecule has 0 aromatic heterocycles. The Morgan fingerprint density at radius 2 is 1.43 bits per heavy atom. The summed E-state index contributed by atoms with van der Waals surface area (Å²) in [5.41, 5.74) is -1.91. The monoisotopic (exact) mass is 536 g/mol. The molecule has 190 valence electrons. The predicted octanol–water partition coefficient (Wildman–Crippen LogP) is 6.00. The van der Waals surface area contributed by atoms with E-state index in [0.717, 1.165) is 18.2 Å². The van der Waals surface area contributed by atoms with E-state index in [0.29, 0.717) is 17.0 Å². The summed E-state index contributed by atoms with van der Waals surface area (Å²) >= 11 is -1.36. The third kappa shape index (κ3) is 4.89. The SMILES string of the molecule is O=C(c1c(F)cccc1F)N1COCN(c2ccc(SC(F)(C(F)(F)F)C(F)(F)F)cc2F)C1=O. The van der Waals surface area contributed by atoms with E-state index in [1.54, 1.807) is 0 Å². The van der Waals surface area contributed by atoms with Gasteiger partial charge in [0.05, 0.1) is 5.69 Å². The van der Waals surface area contributed by atoms with Crippen LogP contribution in [0.1, 0.15) is 10.4 Å². The van der Waals surface area contributed by atoms with E-state index in [1.807, 2.05) is 0 Å². The maximum Gasteiger partial charge on any atom is 0.441 e. The van der Waals surface area contributed by atoms with Gasteiger partial charge in [0, 0.05) is 4.90 Å². The van der Waals surface area contributed by atoms with Gasteiger partial charge < -0.3 is 4.74 Å². The average Bonchev–Trinajstić information content (AvgIpc) is 2.72. The number of alkyl halides is 7. The molecule has 1 aliphatic heterocycles. The van der Waals surface area contributed by atoms with Gasteiger partial charge in [0.25, 0.3) is 5.91 Å². The van der Waals surface area contributed by atoms with E-state index in [-0.39, 0.29) is 11.0 Å². The number of ether oxygens (including phenoxy) is 1. The molecule has 2 aromatic rings. The Morgan fingerprint density at radius 1 is 0.857 bits per heavy atom. The normalized spacial score (nSPS) is 15.5. The first-order chi connectivity index (χ1) is 16.1. The third-order valence-electron chi connectivity index (χ3n) is 4.52. The van der Waals surface area contributed by atoms with E-state index in [4.69, 9.17) is 4.74 Å². The zero-order chi connectivity index (χ0) is 26.3. The van der Waals surface area contributed by atoms with Gasteiger partial charge in [-0.05, 0) is 30.3 Å². The van der Waals surface area contributed by atoms with E-state index >= 15 is 0 Å². The highest BCUT2D eigenvalue weighted by Gasteiger charge is 2.73. The lowest BCUT2D eigenvalue weighted by molar-refractivity contribution is -0.302. The number of rotatable bonds is 4. The summed E-state index contributed by atoms with van der Waals surface area (Å²) in [7, 11) is 0. The van der Waals surface area contributed by atoms with Gasteiger partial charge in [-0.1, -0.05) is 17.8 Å². The summed E-state index contributed by atoms with van der Waals surface area (Å²) < 4.78 is 138. The van der Waals surface area contributed by atoms with Gasteiger partial charge in [-0.2, -0.15) is 26.3 Å². The van der Waals surface area contributed by atoms with E-state index in [9.17, 15) is 53.5 Å². The van der Waals surface area contributed by atoms with Crippen LogP contribution >= 0.6 is 11.8 Å². The lowest BCUT2D eigenvalue weighted by atomic mass is 10.1. The number of hydrogen-bond donors (Lipinski definition) is 0. The first-order valence-electron chi connectivity index (χ1n) is 9.04. The van der Waals surface area contributed by atoms with Crippen molar-refractivity contribution in [3.63, 3.8) is 0 Å². The van der Waals surface area contributed by atoms with Crippen molar-refractivity contribution in [3.05, 3.63) is 59.4 Å². The number of imide groups is 1. The summed E-state index contributed by atoms with van der Waals surface area (Å²) in [6, 6.07) is 2.16. The molecule has 0 aliphatic carbocycles. The summed E-state index contributed by atoms with van der Waals surface area (Å²) in [5, 5.41) is -5.76. The quantitative estimate of drug-likeness (QED) is 0.356. The number of urea groups is 1. The van der Waals surface area contributed by atoms with Crippen LogP contribution in [-0.2, 0) is 4.74 Å². The molecule has 0 atom stereocenters. The second kappa shape index (κ2) is 9.22. The summed E-state index contributed by atoms with van der Waals surface area (Å²) in [6.07, 6.45) is -12.8. The fourth-order valence-corrected chi connectivity index (χ4v) is 3.70. The Kier molecular flexibility index (Phi) is 7.00. The Labute approximate surface area is 193 Å². The van der Waals surface area contributed by atoms with Crippen LogP contribution in [-0.4, -0.2) is 47.7 Å². The van der Waals surface area contributed by atoms with Crippen LogP contribution in [0.25, 0.3) is 0 Å². The molecular formula is C19H10F10N2O3S. The zero-order valence-electron chi connectivity index (χ0n) is 16.7. The van der Waals surface area contributed by atoms with Crippen molar-refractivity contribution in [3.8, 4) is 0 Å². The van der Waals surface area contributed by atoms with Crippen LogP contribution in [0.15, 0.2) is 41.3 Å². The molecule has 35 heavy (non-hydrogen) atoms. The molecule has 0 N–H and O–H groups in total. The number of halogens is 10. The molecule has 3 rings (SSSR count). The minimum atomic E-state index is -6.40. The van der Waals surface area contributed by atoms with Gasteiger partial charge in [-0.15, -0.1) is 0 Å². The van der Waals surface area contributed by atoms with Gasteiger partial charge >= 0.3 is 23.4 Å². The molecule has 2 aromatic carbocycles. The van der Waals surface area contributed by atoms with Crippen LogP contribution < -0.4 is 4.90 Å². The number of carbonyl (C=O) groups excluding carboxylic acids is 2. The van der Waals surface area contributed by atoms with Crippen molar-refractivity contribution >= 4 is 29.4 Å². The van der Waals surface area contributed by atoms with Crippen molar-refractivity contribution in [1.29, 1.82) is 0 Å². The topological polar surface area (TPSA) is 49.9 Å². The maximum absolute atomic E-state index is 14.6. The molecule has 0 radical (unpaired) electrons. The van der Waals surface area contributed by atoms with Crippen molar-refractivity contribution in [2.24, 2.45) is 0 Å². The van der Waals surface area contributed by atoms with Gasteiger partial charge in [0.1, 0.15) is 36.5 Å². The highest BCUT2D eigenvalue weighted by Crippen LogP contribution is 2.55. The molecule has 1 aliphatic rings. The summed E-state index contributed by atoms with van der Waals surface area (Å²) in [6.45, 7) is -1.55. The van der Waals surface area contributed by atoms with Gasteiger partial charge in [-0.3, -0.25) is 9.69 Å². The Morgan fingerprint density at radius 3 is 1.94 bits per heavy atom. The molecule has 0 saturated carbocycles. The largest absolute Gasteiger partial charge is 0.441 e. The van der Waals surface area contributed by atoms with Crippen LogP contribution in [0.5, 0.6) is 0 Å². The van der Waals surface area contributed by atoms with E-state index in [2.05, 4.69) is 0 Å². The van der Waals surface area contributed by atoms with Gasteiger partial charge in [0.2, 0.25) is 0 Å². The predicted molar refractivity (Wildman–Crippen MR) is 99.4 cm³/mol. The first-order valence-corrected chi connectivity index (χ1v) is 9.86. The molecule has 1 heterocycles. The molecule has 1 fully saturated rings. The average molecular weight is 536 g/mol. The fourth-order valence-electron chi connectivity index (χ4n) is 2.84. The Balaban J connectivity index is 1.89. The number of thioether (sulfide) groups is 1. The fraction of sp³-hybridized carbons (Fsp3) is 0.263. The van der Waals surface area contributed by atoms with Crippen LogP contribution in [0.3, 0.4) is 0 Å². The van der Waals surface area contributed by atoms with Crippen molar-refractivity contribution in [2.45, 2.75) is 22.2 Å². The van der Waals surface area contributed by atoms with Crippen LogP contribution in [0, 0.1) is 17.5 Å². The second-order valence-electron chi connectivity index (χ2n) is 6.81. The van der Waals surface area contributed by atoms with E-state index in [1.165, 1.54) is 0 Å². The third-order valence-corrected chi connectivity index (χ3v) is 5.76. The highest BCUT2D eigenvalue weighted by atomic mass is 32.2. The molecule has 5 nitrogen and oxygen atoms in total. The van der Waals surface area contributed by atoms with Gasteiger partial charge in [0.15, 0.2) is 0 Å². The second-order valence-corrected chi connectivity index (χ2v) is 8.05. The molecule has 0 bridgehead atoms. The standard InChI is InChI=1S/C19H10F10N2O3S/c20-10-2-1-3-11(21)14(10)15(32)31-8-34-7-30(16(31)33)13-5-4-9(6-12(13)22)35-17(23,18(24,25)26)19(27,28)29/h1-6H,7-8H2. The molecule has 16 heteroatoms. The van der Waals surface area contributed by atoms with Crippen molar-refractivity contribution < 1.29 is 58.2 Å². The van der Waals surface area contributed by atoms with E-state index < -0.39 is 88.1 Å². The lowest BCUT2D eigenvalue weighted by Crippen LogP contribution is -2.53. The summed E-state index contributed by atoms with van der Waals surface area (Å²) in [4.78, 5) is 24.6. The maximum atomic E-state index is 14.6. The minimum Gasteiger partial charge on any atom is -0.340 e. The van der Waals surface area contributed by atoms with Crippen molar-refractivity contribution in [1.82, 2.24) is 4.90 Å². The minimum absolute atomic E-state index is 0.108. The highest BCUT2D eigenvalue weighted by molar-refractivity contribution is 8.00. The summed E-state index contributed by atoms with van der Waals surface area (Å²) in [5.74, 6) is -5.72. The molecule has 0 unspecified atom stereocenters. The number of hydrogen-bond acceptors (Lipinski definition) is 4. The number of carbonyl (C=O) groups is 2. The number of nitrogens with zero attached hydrogens (tertiary/aromatic N) is 2. The Hall–Kier alpha value is -3.01.